The first-order chi connectivity index (χ1) is 8.18. The molecule has 0 saturated heterocycles. The van der Waals surface area contributed by atoms with Crippen molar-refractivity contribution in [3.63, 3.8) is 0 Å². The van der Waals surface area contributed by atoms with Crippen LogP contribution in [0.25, 0.3) is 0 Å². The first-order valence-corrected chi connectivity index (χ1v) is 5.80. The minimum Gasteiger partial charge on any atom is -0.319 e. The molecule has 2 aromatic rings. The summed E-state index contributed by atoms with van der Waals surface area (Å²) in [7, 11) is 1.96. The van der Waals surface area contributed by atoms with Crippen LogP contribution >= 0.6 is 0 Å². The highest BCUT2D eigenvalue weighted by Crippen LogP contribution is 2.11. The third kappa shape index (κ3) is 2.71. The van der Waals surface area contributed by atoms with Gasteiger partial charge >= 0.3 is 0 Å². The minimum atomic E-state index is 0.196. The molecule has 1 N–H and O–H groups in total. The molecule has 1 unspecified atom stereocenters. The highest BCUT2D eigenvalue weighted by molar-refractivity contribution is 5.25. The average Bonchev–Trinajstić information content (AvgIpc) is 2.74. The smallest absolute Gasteiger partial charge is 0.149 e. The van der Waals surface area contributed by atoms with Crippen LogP contribution in [-0.2, 0) is 13.6 Å². The predicted octanol–water partition coefficient (Wildman–Crippen LogP) is 1.97. The minimum absolute atomic E-state index is 0.196. The number of aryl methyl sites for hydroxylation is 2. The van der Waals surface area contributed by atoms with E-state index in [-0.39, 0.29) is 6.04 Å². The molecule has 4 nitrogen and oxygen atoms in total. The monoisotopic (exact) mass is 230 g/mol. The van der Waals surface area contributed by atoms with Gasteiger partial charge in [-0.2, -0.15) is 0 Å². The molecule has 0 aliphatic rings. The second kappa shape index (κ2) is 5.10. The Morgan fingerprint density at radius 2 is 2.12 bits per heavy atom. The molecular weight excluding hydrogens is 212 g/mol. The molecule has 1 aromatic carbocycles. The van der Waals surface area contributed by atoms with Crippen LogP contribution < -0.4 is 5.32 Å². The van der Waals surface area contributed by atoms with Gasteiger partial charge in [-0.25, -0.2) is 0 Å². The number of nitrogens with one attached hydrogen (secondary N) is 1. The SMILES string of the molecule is Cc1ccccc1CNC(C)c1nncn1C. The number of benzene rings is 1. The van der Waals surface area contributed by atoms with E-state index < -0.39 is 0 Å². The predicted molar refractivity (Wildman–Crippen MR) is 67.4 cm³/mol. The molecule has 0 aliphatic carbocycles. The van der Waals surface area contributed by atoms with Crippen molar-refractivity contribution in [3.05, 3.63) is 47.5 Å². The van der Waals surface area contributed by atoms with Crippen LogP contribution in [0, 0.1) is 6.92 Å². The molecule has 17 heavy (non-hydrogen) atoms. The van der Waals surface area contributed by atoms with Crippen molar-refractivity contribution in [2.45, 2.75) is 26.4 Å². The van der Waals surface area contributed by atoms with Gasteiger partial charge in [0.2, 0.25) is 0 Å². The molecule has 0 amide bonds. The van der Waals surface area contributed by atoms with Gasteiger partial charge in [0, 0.05) is 13.6 Å². The molecule has 0 bridgehead atoms. The zero-order valence-corrected chi connectivity index (χ0v) is 10.5. The van der Waals surface area contributed by atoms with E-state index in [0.717, 1.165) is 12.4 Å². The molecule has 0 radical (unpaired) electrons. The number of rotatable bonds is 4. The van der Waals surface area contributed by atoms with Gasteiger partial charge in [0.1, 0.15) is 12.2 Å². The average molecular weight is 230 g/mol. The first kappa shape index (κ1) is 11.8. The van der Waals surface area contributed by atoms with Gasteiger partial charge in [0.05, 0.1) is 6.04 Å². The Morgan fingerprint density at radius 3 is 2.76 bits per heavy atom. The Kier molecular flexibility index (Phi) is 3.54. The highest BCUT2D eigenvalue weighted by atomic mass is 15.3. The summed E-state index contributed by atoms with van der Waals surface area (Å²) in [6.45, 7) is 5.08. The summed E-state index contributed by atoms with van der Waals surface area (Å²) in [5.41, 5.74) is 2.63. The lowest BCUT2D eigenvalue weighted by Gasteiger charge is -2.14. The molecule has 90 valence electrons. The largest absolute Gasteiger partial charge is 0.319 e. The van der Waals surface area contributed by atoms with E-state index in [9.17, 15) is 0 Å². The molecule has 0 fully saturated rings. The second-order valence-electron chi connectivity index (χ2n) is 4.33. The first-order valence-electron chi connectivity index (χ1n) is 5.80. The molecule has 2 rings (SSSR count). The Labute approximate surface area is 102 Å². The van der Waals surface area contributed by atoms with E-state index in [1.54, 1.807) is 6.33 Å². The third-order valence-electron chi connectivity index (χ3n) is 2.99. The summed E-state index contributed by atoms with van der Waals surface area (Å²) in [6, 6.07) is 8.60. The second-order valence-corrected chi connectivity index (χ2v) is 4.33. The van der Waals surface area contributed by atoms with Crippen molar-refractivity contribution in [1.82, 2.24) is 20.1 Å². The number of hydrogen-bond donors (Lipinski definition) is 1. The fraction of sp³-hybridized carbons (Fsp3) is 0.385. The van der Waals surface area contributed by atoms with Gasteiger partial charge in [-0.15, -0.1) is 10.2 Å². The van der Waals surface area contributed by atoms with Crippen LogP contribution in [0.5, 0.6) is 0 Å². The molecule has 1 heterocycles. The Morgan fingerprint density at radius 1 is 1.35 bits per heavy atom. The van der Waals surface area contributed by atoms with E-state index in [0.29, 0.717) is 0 Å². The molecular formula is C13H18N4. The molecule has 0 spiro atoms. The molecule has 1 aromatic heterocycles. The van der Waals surface area contributed by atoms with Crippen molar-refractivity contribution in [2.75, 3.05) is 0 Å². The van der Waals surface area contributed by atoms with Crippen molar-refractivity contribution in [1.29, 1.82) is 0 Å². The van der Waals surface area contributed by atoms with Gasteiger partial charge < -0.3 is 9.88 Å². The van der Waals surface area contributed by atoms with Crippen LogP contribution in [-0.4, -0.2) is 14.8 Å². The molecule has 0 aliphatic heterocycles. The van der Waals surface area contributed by atoms with Gasteiger partial charge in [0.15, 0.2) is 0 Å². The fourth-order valence-corrected chi connectivity index (χ4v) is 1.85. The maximum atomic E-state index is 4.10. The van der Waals surface area contributed by atoms with Crippen LogP contribution in [0.4, 0.5) is 0 Å². The zero-order valence-electron chi connectivity index (χ0n) is 10.5. The van der Waals surface area contributed by atoms with Crippen molar-refractivity contribution in [2.24, 2.45) is 7.05 Å². The van der Waals surface area contributed by atoms with Crippen LogP contribution in [0.15, 0.2) is 30.6 Å². The van der Waals surface area contributed by atoms with Crippen molar-refractivity contribution >= 4 is 0 Å². The van der Waals surface area contributed by atoms with E-state index in [1.165, 1.54) is 11.1 Å². The van der Waals surface area contributed by atoms with Crippen LogP contribution in [0.2, 0.25) is 0 Å². The van der Waals surface area contributed by atoms with E-state index in [4.69, 9.17) is 0 Å². The number of nitrogens with zero attached hydrogens (tertiary/aromatic N) is 3. The summed E-state index contributed by atoms with van der Waals surface area (Å²) < 4.78 is 1.94. The third-order valence-corrected chi connectivity index (χ3v) is 2.99. The van der Waals surface area contributed by atoms with Gasteiger partial charge in [-0.1, -0.05) is 24.3 Å². The summed E-state index contributed by atoms with van der Waals surface area (Å²) in [6.07, 6.45) is 1.72. The summed E-state index contributed by atoms with van der Waals surface area (Å²) >= 11 is 0. The normalized spacial score (nSPS) is 12.6. The lowest BCUT2D eigenvalue weighted by Crippen LogP contribution is -2.21. The summed E-state index contributed by atoms with van der Waals surface area (Å²) in [4.78, 5) is 0. The lowest BCUT2D eigenvalue weighted by molar-refractivity contribution is 0.527. The van der Waals surface area contributed by atoms with E-state index >= 15 is 0 Å². The van der Waals surface area contributed by atoms with Gasteiger partial charge in [-0.3, -0.25) is 0 Å². The summed E-state index contributed by atoms with van der Waals surface area (Å²) in [5.74, 6) is 0.957. The Bertz CT molecular complexity index is 490. The van der Waals surface area contributed by atoms with Gasteiger partial charge in [-0.05, 0) is 25.0 Å². The maximum absolute atomic E-state index is 4.10. The topological polar surface area (TPSA) is 42.7 Å². The lowest BCUT2D eigenvalue weighted by atomic mass is 10.1. The van der Waals surface area contributed by atoms with E-state index in [1.807, 2.05) is 11.6 Å². The van der Waals surface area contributed by atoms with E-state index in [2.05, 4.69) is 53.6 Å². The highest BCUT2D eigenvalue weighted by Gasteiger charge is 2.10. The molecule has 0 saturated carbocycles. The van der Waals surface area contributed by atoms with Crippen LogP contribution in [0.3, 0.4) is 0 Å². The van der Waals surface area contributed by atoms with Crippen LogP contribution in [0.1, 0.15) is 29.9 Å². The van der Waals surface area contributed by atoms with Crippen molar-refractivity contribution < 1.29 is 0 Å². The standard InChI is InChI=1S/C13H18N4/c1-10-6-4-5-7-12(10)8-14-11(2)13-16-15-9-17(13)3/h4-7,9,11,14H,8H2,1-3H3. The van der Waals surface area contributed by atoms with Gasteiger partial charge in [0.25, 0.3) is 0 Å². The maximum Gasteiger partial charge on any atom is 0.149 e. The molecule has 4 heteroatoms. The quantitative estimate of drug-likeness (QED) is 0.873. The summed E-state index contributed by atoms with van der Waals surface area (Å²) in [5, 5.41) is 11.4. The number of aromatic nitrogens is 3. The fourth-order valence-electron chi connectivity index (χ4n) is 1.85. The molecule has 1 atom stereocenters. The number of hydrogen-bond acceptors (Lipinski definition) is 3. The Balaban J connectivity index is 2.00. The van der Waals surface area contributed by atoms with Crippen molar-refractivity contribution in [3.8, 4) is 0 Å². The Hall–Kier alpha value is -1.68. The zero-order chi connectivity index (χ0) is 12.3.